The number of rotatable bonds is 7. The Morgan fingerprint density at radius 3 is 2.29 bits per heavy atom. The first-order chi connectivity index (χ1) is 9.77. The Labute approximate surface area is 128 Å². The van der Waals surface area contributed by atoms with Gasteiger partial charge in [0.15, 0.2) is 0 Å². The molecule has 1 fully saturated rings. The molecule has 3 atom stereocenters. The number of nitrogens with zero attached hydrogens (tertiary/aromatic N) is 1. The van der Waals surface area contributed by atoms with Crippen LogP contribution in [0.1, 0.15) is 48.0 Å². The van der Waals surface area contributed by atoms with Gasteiger partial charge in [-0.1, -0.05) is 27.7 Å². The summed E-state index contributed by atoms with van der Waals surface area (Å²) in [5.74, 6) is 0.427. The molecule has 3 unspecified atom stereocenters. The Hall–Kier alpha value is -1.10. The molecule has 5 heteroatoms. The third-order valence-electron chi connectivity index (χ3n) is 3.75. The van der Waals surface area contributed by atoms with Gasteiger partial charge in [0, 0.05) is 13.2 Å². The van der Waals surface area contributed by atoms with Gasteiger partial charge in [-0.15, -0.1) is 0 Å². The molecular weight excluding hydrogens is 268 g/mol. The Morgan fingerprint density at radius 2 is 1.81 bits per heavy atom. The van der Waals surface area contributed by atoms with Crippen molar-refractivity contribution in [2.45, 2.75) is 66.2 Å². The molecule has 0 spiro atoms. The zero-order valence-corrected chi connectivity index (χ0v) is 14.2. The number of ether oxygens (including phenoxy) is 1. The van der Waals surface area contributed by atoms with Gasteiger partial charge < -0.3 is 15.0 Å². The Morgan fingerprint density at radius 1 is 1.19 bits per heavy atom. The first-order valence-corrected chi connectivity index (χ1v) is 8.00. The van der Waals surface area contributed by atoms with Gasteiger partial charge in [-0.25, -0.2) is 0 Å². The molecule has 1 rings (SSSR count). The van der Waals surface area contributed by atoms with Crippen LogP contribution >= 0.6 is 0 Å². The van der Waals surface area contributed by atoms with E-state index in [9.17, 15) is 9.59 Å². The Kier molecular flexibility index (Phi) is 6.65. The topological polar surface area (TPSA) is 58.6 Å². The lowest BCUT2D eigenvalue weighted by Crippen LogP contribution is -2.66. The molecule has 122 valence electrons. The fraction of sp³-hybridized carbons (Fsp3) is 0.875. The normalized spacial score (nSPS) is 24.7. The molecule has 0 aromatic carbocycles. The van der Waals surface area contributed by atoms with E-state index in [1.807, 2.05) is 27.7 Å². The molecule has 2 amide bonds. The summed E-state index contributed by atoms with van der Waals surface area (Å²) in [5, 5.41) is 2.89. The summed E-state index contributed by atoms with van der Waals surface area (Å²) in [5.41, 5.74) is 0. The minimum Gasteiger partial charge on any atom is -0.377 e. The summed E-state index contributed by atoms with van der Waals surface area (Å²) in [7, 11) is 0. The van der Waals surface area contributed by atoms with Crippen LogP contribution < -0.4 is 5.32 Å². The van der Waals surface area contributed by atoms with Gasteiger partial charge in [0.25, 0.3) is 0 Å². The van der Waals surface area contributed by atoms with E-state index in [4.69, 9.17) is 4.74 Å². The molecule has 0 aromatic rings. The summed E-state index contributed by atoms with van der Waals surface area (Å²) in [6, 6.07) is -0.801. The minimum absolute atomic E-state index is 0.0218. The molecular formula is C16H30N2O3. The smallest absolute Gasteiger partial charge is 0.245 e. The molecule has 5 nitrogen and oxygen atoms in total. The maximum absolute atomic E-state index is 12.7. The summed E-state index contributed by atoms with van der Waals surface area (Å²) in [6.45, 7) is 13.0. The van der Waals surface area contributed by atoms with Crippen molar-refractivity contribution in [1.82, 2.24) is 10.2 Å². The zero-order chi connectivity index (χ0) is 16.2. The van der Waals surface area contributed by atoms with E-state index in [0.29, 0.717) is 25.5 Å². The standard InChI is InChI=1S/C16H30N2O3/c1-7-21-12(6)9-18-14(11(4)5)15(19)17-13(16(18)20)8-10(2)3/h10-14H,7-9H2,1-6H3,(H,17,19). The van der Waals surface area contributed by atoms with Gasteiger partial charge in [-0.3, -0.25) is 9.59 Å². The van der Waals surface area contributed by atoms with Crippen LogP contribution in [-0.2, 0) is 14.3 Å². The molecule has 0 aromatic heterocycles. The van der Waals surface area contributed by atoms with E-state index in [1.165, 1.54) is 0 Å². The summed E-state index contributed by atoms with van der Waals surface area (Å²) in [6.07, 6.45) is 0.611. The molecule has 0 bridgehead atoms. The largest absolute Gasteiger partial charge is 0.377 e. The van der Waals surface area contributed by atoms with Crippen LogP contribution in [0.2, 0.25) is 0 Å². The second kappa shape index (κ2) is 7.78. The van der Waals surface area contributed by atoms with Crippen molar-refractivity contribution in [3.63, 3.8) is 0 Å². The van der Waals surface area contributed by atoms with Gasteiger partial charge in [0.05, 0.1) is 6.10 Å². The third kappa shape index (κ3) is 4.70. The lowest BCUT2D eigenvalue weighted by molar-refractivity contribution is -0.153. The highest BCUT2D eigenvalue weighted by atomic mass is 16.5. The Balaban J connectivity index is 2.92. The van der Waals surface area contributed by atoms with Crippen molar-refractivity contribution in [2.75, 3.05) is 13.2 Å². The SMILES string of the molecule is CCOC(C)CN1C(=O)C(CC(C)C)NC(=O)C1C(C)C. The first kappa shape index (κ1) is 18.0. The quantitative estimate of drug-likeness (QED) is 0.780. The van der Waals surface area contributed by atoms with E-state index in [-0.39, 0.29) is 23.8 Å². The molecule has 1 N–H and O–H groups in total. The number of piperazine rings is 1. The predicted octanol–water partition coefficient (Wildman–Crippen LogP) is 1.81. The van der Waals surface area contributed by atoms with Gasteiger partial charge in [0.2, 0.25) is 11.8 Å². The van der Waals surface area contributed by atoms with Crippen molar-refractivity contribution in [1.29, 1.82) is 0 Å². The number of nitrogens with one attached hydrogen (secondary N) is 1. The number of carbonyl (C=O) groups is 2. The van der Waals surface area contributed by atoms with Gasteiger partial charge in [-0.2, -0.15) is 0 Å². The maximum Gasteiger partial charge on any atom is 0.245 e. The maximum atomic E-state index is 12.7. The summed E-state index contributed by atoms with van der Waals surface area (Å²) >= 11 is 0. The second-order valence-electron chi connectivity index (χ2n) is 6.64. The Bertz CT molecular complexity index is 369. The minimum atomic E-state index is -0.402. The van der Waals surface area contributed by atoms with Crippen LogP contribution in [0, 0.1) is 11.8 Å². The van der Waals surface area contributed by atoms with Gasteiger partial charge >= 0.3 is 0 Å². The third-order valence-corrected chi connectivity index (χ3v) is 3.75. The lowest BCUT2D eigenvalue weighted by Gasteiger charge is -2.42. The molecule has 0 radical (unpaired) electrons. The molecule has 1 aliphatic rings. The van der Waals surface area contributed by atoms with Crippen LogP contribution in [0.25, 0.3) is 0 Å². The number of hydrogen-bond acceptors (Lipinski definition) is 3. The highest BCUT2D eigenvalue weighted by Gasteiger charge is 2.42. The summed E-state index contributed by atoms with van der Waals surface area (Å²) in [4.78, 5) is 26.8. The van der Waals surface area contributed by atoms with Crippen molar-refractivity contribution in [2.24, 2.45) is 11.8 Å². The first-order valence-electron chi connectivity index (χ1n) is 8.00. The van der Waals surface area contributed by atoms with E-state index >= 15 is 0 Å². The highest BCUT2D eigenvalue weighted by molar-refractivity contribution is 5.97. The number of carbonyl (C=O) groups excluding carboxylic acids is 2. The highest BCUT2D eigenvalue weighted by Crippen LogP contribution is 2.21. The predicted molar refractivity (Wildman–Crippen MR) is 82.8 cm³/mol. The van der Waals surface area contributed by atoms with Gasteiger partial charge in [-0.05, 0) is 32.1 Å². The molecule has 1 aliphatic heterocycles. The summed E-state index contributed by atoms with van der Waals surface area (Å²) < 4.78 is 5.55. The van der Waals surface area contributed by atoms with E-state index in [0.717, 1.165) is 0 Å². The van der Waals surface area contributed by atoms with Crippen LogP contribution in [0.3, 0.4) is 0 Å². The van der Waals surface area contributed by atoms with Crippen LogP contribution in [0.4, 0.5) is 0 Å². The van der Waals surface area contributed by atoms with E-state index in [1.54, 1.807) is 4.90 Å². The fourth-order valence-corrected chi connectivity index (χ4v) is 2.91. The lowest BCUT2D eigenvalue weighted by atomic mass is 9.93. The van der Waals surface area contributed by atoms with Crippen LogP contribution in [0.5, 0.6) is 0 Å². The molecule has 21 heavy (non-hydrogen) atoms. The van der Waals surface area contributed by atoms with Crippen molar-refractivity contribution in [3.8, 4) is 0 Å². The van der Waals surface area contributed by atoms with Crippen molar-refractivity contribution < 1.29 is 14.3 Å². The van der Waals surface area contributed by atoms with Crippen LogP contribution in [0.15, 0.2) is 0 Å². The van der Waals surface area contributed by atoms with E-state index < -0.39 is 12.1 Å². The monoisotopic (exact) mass is 298 g/mol. The average molecular weight is 298 g/mol. The fourth-order valence-electron chi connectivity index (χ4n) is 2.91. The van der Waals surface area contributed by atoms with Crippen molar-refractivity contribution >= 4 is 11.8 Å². The van der Waals surface area contributed by atoms with Gasteiger partial charge in [0.1, 0.15) is 12.1 Å². The zero-order valence-electron chi connectivity index (χ0n) is 14.2. The molecule has 1 heterocycles. The van der Waals surface area contributed by atoms with E-state index in [2.05, 4.69) is 19.2 Å². The number of hydrogen-bond donors (Lipinski definition) is 1. The molecule has 0 aliphatic carbocycles. The average Bonchev–Trinajstić information content (AvgIpc) is 2.34. The van der Waals surface area contributed by atoms with Crippen LogP contribution in [-0.4, -0.2) is 48.1 Å². The molecule has 0 saturated carbocycles. The molecule has 1 saturated heterocycles. The van der Waals surface area contributed by atoms with Crippen molar-refractivity contribution in [3.05, 3.63) is 0 Å². The number of amides is 2. The second-order valence-corrected chi connectivity index (χ2v) is 6.64.